The summed E-state index contributed by atoms with van der Waals surface area (Å²) >= 11 is 0. The van der Waals surface area contributed by atoms with Gasteiger partial charge in [0.2, 0.25) is 0 Å². The Bertz CT molecular complexity index is 330. The van der Waals surface area contributed by atoms with E-state index in [2.05, 4.69) is 5.14 Å². The van der Waals surface area contributed by atoms with Crippen LogP contribution in [0.25, 0.3) is 0 Å². The van der Waals surface area contributed by atoms with E-state index in [0.29, 0.717) is 0 Å². The van der Waals surface area contributed by atoms with Crippen LogP contribution in [-0.4, -0.2) is 26.1 Å². The Balaban J connectivity index is 5.46. The Morgan fingerprint density at radius 3 is 1.33 bits per heavy atom. The second kappa shape index (κ2) is 3.45. The summed E-state index contributed by atoms with van der Waals surface area (Å²) in [5, 5.41) is -2.36. The standard InChI is InChI=1S/C3H2F7NO3S/c4-1(5,6)2(7,15(11,12)13)14-3(8,9)10/h(H2,11,12,13). The highest BCUT2D eigenvalue weighted by Crippen LogP contribution is 2.42. The Morgan fingerprint density at radius 1 is 0.933 bits per heavy atom. The molecule has 0 saturated heterocycles. The molecule has 0 radical (unpaired) electrons. The molecule has 12 heteroatoms. The van der Waals surface area contributed by atoms with Crippen molar-refractivity contribution in [3.05, 3.63) is 0 Å². The zero-order chi connectivity index (χ0) is 12.7. The number of alkyl halides is 7. The molecular weight excluding hydrogens is 263 g/mol. The molecule has 4 nitrogen and oxygen atoms in total. The number of hydrogen-bond donors (Lipinski definition) is 1. The van der Waals surface area contributed by atoms with E-state index in [0.717, 1.165) is 0 Å². The van der Waals surface area contributed by atoms with Crippen LogP contribution in [0.3, 0.4) is 0 Å². The highest BCUT2D eigenvalue weighted by Gasteiger charge is 2.70. The maximum absolute atomic E-state index is 12.5. The average Bonchev–Trinajstić information content (AvgIpc) is 1.77. The molecular formula is C3H2F7NO3S. The molecule has 1 unspecified atom stereocenters. The minimum absolute atomic E-state index is 1.85. The molecule has 0 rings (SSSR count). The molecule has 0 aliphatic carbocycles. The second-order valence-electron chi connectivity index (χ2n) is 2.13. The van der Waals surface area contributed by atoms with E-state index >= 15 is 0 Å². The lowest BCUT2D eigenvalue weighted by Gasteiger charge is -2.25. The number of ether oxygens (including phenoxy) is 1. The number of primary sulfonamides is 1. The number of hydrogen-bond acceptors (Lipinski definition) is 3. The van der Waals surface area contributed by atoms with E-state index in [1.54, 1.807) is 0 Å². The van der Waals surface area contributed by atoms with E-state index in [1.165, 1.54) is 0 Å². The van der Waals surface area contributed by atoms with Crippen molar-refractivity contribution >= 4 is 10.0 Å². The largest absolute Gasteiger partial charge is 0.526 e. The van der Waals surface area contributed by atoms with Gasteiger partial charge >= 0.3 is 17.7 Å². The molecule has 0 spiro atoms. The fourth-order valence-corrected chi connectivity index (χ4v) is 0.959. The first-order valence-corrected chi connectivity index (χ1v) is 4.30. The van der Waals surface area contributed by atoms with Crippen LogP contribution in [0, 0.1) is 0 Å². The van der Waals surface area contributed by atoms with Gasteiger partial charge in [-0.25, -0.2) is 18.3 Å². The summed E-state index contributed by atoms with van der Waals surface area (Å²) < 4.78 is 103. The van der Waals surface area contributed by atoms with Gasteiger partial charge in [0.25, 0.3) is 10.0 Å². The van der Waals surface area contributed by atoms with Gasteiger partial charge in [-0.2, -0.15) is 17.6 Å². The number of sulfonamides is 1. The van der Waals surface area contributed by atoms with Gasteiger partial charge in [0.15, 0.2) is 0 Å². The van der Waals surface area contributed by atoms with Crippen molar-refractivity contribution in [1.29, 1.82) is 0 Å². The van der Waals surface area contributed by atoms with Crippen molar-refractivity contribution in [2.24, 2.45) is 5.14 Å². The summed E-state index contributed by atoms with van der Waals surface area (Å²) in [6.07, 6.45) is -12.6. The molecule has 0 aliphatic rings. The van der Waals surface area contributed by atoms with Gasteiger partial charge in [-0.3, -0.25) is 0 Å². The van der Waals surface area contributed by atoms with Crippen LogP contribution in [0.1, 0.15) is 0 Å². The van der Waals surface area contributed by atoms with E-state index in [4.69, 9.17) is 0 Å². The smallest absolute Gasteiger partial charge is 0.232 e. The molecule has 92 valence electrons. The number of rotatable bonds is 2. The van der Waals surface area contributed by atoms with Crippen LogP contribution in [0.2, 0.25) is 0 Å². The molecule has 0 bridgehead atoms. The quantitative estimate of drug-likeness (QED) is 0.757. The Hall–Kier alpha value is -0.620. The minimum atomic E-state index is -6.48. The third kappa shape index (κ3) is 3.17. The van der Waals surface area contributed by atoms with Gasteiger partial charge in [-0.1, -0.05) is 0 Å². The third-order valence-electron chi connectivity index (χ3n) is 0.952. The van der Waals surface area contributed by atoms with Gasteiger partial charge in [0.05, 0.1) is 0 Å². The van der Waals surface area contributed by atoms with Crippen molar-refractivity contribution in [1.82, 2.24) is 0 Å². The van der Waals surface area contributed by atoms with Gasteiger partial charge in [-0.15, -0.1) is 13.2 Å². The monoisotopic (exact) mass is 265 g/mol. The number of nitrogens with two attached hydrogens (primary N) is 1. The lowest BCUT2D eigenvalue weighted by Crippen LogP contribution is -2.55. The van der Waals surface area contributed by atoms with Gasteiger partial charge in [-0.05, 0) is 0 Å². The molecule has 15 heavy (non-hydrogen) atoms. The maximum atomic E-state index is 12.5. The first kappa shape index (κ1) is 14.4. The molecule has 1 atom stereocenters. The first-order valence-electron chi connectivity index (χ1n) is 2.75. The first-order chi connectivity index (χ1) is 6.21. The SMILES string of the molecule is NS(=O)(=O)C(F)(OC(F)(F)F)C(F)(F)F. The van der Waals surface area contributed by atoms with Crippen molar-refractivity contribution in [3.63, 3.8) is 0 Å². The molecule has 0 aromatic carbocycles. The normalized spacial score (nSPS) is 18.7. The van der Waals surface area contributed by atoms with Crippen LogP contribution in [0.15, 0.2) is 0 Å². The topological polar surface area (TPSA) is 69.4 Å². The summed E-state index contributed by atoms with van der Waals surface area (Å²) in [6, 6.07) is 0. The van der Waals surface area contributed by atoms with E-state index in [1.807, 2.05) is 4.74 Å². The second-order valence-corrected chi connectivity index (χ2v) is 3.74. The van der Waals surface area contributed by atoms with Crippen molar-refractivity contribution in [2.75, 3.05) is 0 Å². The van der Waals surface area contributed by atoms with E-state index < -0.39 is 27.7 Å². The fraction of sp³-hybridized carbons (Fsp3) is 1.00. The molecule has 0 aliphatic heterocycles. The number of halogens is 7. The van der Waals surface area contributed by atoms with Crippen LogP contribution >= 0.6 is 0 Å². The van der Waals surface area contributed by atoms with Crippen LogP contribution in [-0.2, 0) is 14.8 Å². The van der Waals surface area contributed by atoms with Crippen molar-refractivity contribution in [3.8, 4) is 0 Å². The van der Waals surface area contributed by atoms with Gasteiger partial charge in [0, 0.05) is 0 Å². The Labute approximate surface area is 77.8 Å². The zero-order valence-corrected chi connectivity index (χ0v) is 7.17. The van der Waals surface area contributed by atoms with Gasteiger partial charge < -0.3 is 0 Å². The summed E-state index contributed by atoms with van der Waals surface area (Å²) in [5.74, 6) is 0. The molecule has 0 amide bonds. The highest BCUT2D eigenvalue weighted by atomic mass is 32.2. The Kier molecular flexibility index (Phi) is 3.31. The minimum Gasteiger partial charge on any atom is -0.232 e. The maximum Gasteiger partial charge on any atom is 0.526 e. The van der Waals surface area contributed by atoms with E-state index in [9.17, 15) is 39.2 Å². The lowest BCUT2D eigenvalue weighted by molar-refractivity contribution is -0.419. The molecule has 0 saturated carbocycles. The summed E-state index contributed by atoms with van der Waals surface area (Å²) in [5.41, 5.74) is 0. The van der Waals surface area contributed by atoms with Gasteiger partial charge in [0.1, 0.15) is 0 Å². The summed E-state index contributed by atoms with van der Waals surface area (Å²) in [6.45, 7) is 0. The van der Waals surface area contributed by atoms with Crippen molar-refractivity contribution in [2.45, 2.75) is 17.7 Å². The third-order valence-corrected chi connectivity index (χ3v) is 2.00. The molecule has 2 N–H and O–H groups in total. The lowest BCUT2D eigenvalue weighted by atomic mass is 10.6. The molecule has 0 fully saturated rings. The summed E-state index contributed by atoms with van der Waals surface area (Å²) in [7, 11) is -6.29. The predicted octanol–water partition coefficient (Wildman–Crippen LogP) is 0.997. The fourth-order valence-electron chi connectivity index (χ4n) is 0.426. The molecule has 0 aromatic rings. The van der Waals surface area contributed by atoms with E-state index in [-0.39, 0.29) is 0 Å². The average molecular weight is 265 g/mol. The predicted molar refractivity (Wildman–Crippen MR) is 30.1 cm³/mol. The summed E-state index contributed by atoms with van der Waals surface area (Å²) in [4.78, 5) is 0. The van der Waals surface area contributed by atoms with Crippen LogP contribution in [0.5, 0.6) is 0 Å². The Morgan fingerprint density at radius 2 is 1.27 bits per heavy atom. The zero-order valence-electron chi connectivity index (χ0n) is 6.36. The molecule has 0 aromatic heterocycles. The molecule has 0 heterocycles. The van der Waals surface area contributed by atoms with Crippen molar-refractivity contribution < 1.29 is 43.9 Å². The highest BCUT2D eigenvalue weighted by molar-refractivity contribution is 7.90. The van der Waals surface area contributed by atoms with Crippen LogP contribution in [0.4, 0.5) is 30.7 Å². The van der Waals surface area contributed by atoms with Crippen LogP contribution < -0.4 is 5.14 Å².